The standard InChI is InChI=1S/C22H23N7O5/c1-26-19-18(21(31)27(2)22(26)32)29(13-25-19)10-17(30)28-7-8-33-14(9-28)11-34-20-15-5-3-4-6-16(15)23-12-24-20/h3-6,12-14H,7-11H2,1-2H3. The van der Waals surface area contributed by atoms with Crippen molar-refractivity contribution in [3.8, 4) is 5.88 Å². The summed E-state index contributed by atoms with van der Waals surface area (Å²) in [5.74, 6) is 0.278. The van der Waals surface area contributed by atoms with Crippen molar-refractivity contribution in [2.24, 2.45) is 14.1 Å². The monoisotopic (exact) mass is 465 g/mol. The SMILES string of the molecule is Cn1c(=O)c2c(ncn2CC(=O)N2CCOC(COc3ncnc4ccccc34)C2)n(C)c1=O. The van der Waals surface area contributed by atoms with Crippen LogP contribution in [0.15, 0.2) is 46.5 Å². The van der Waals surface area contributed by atoms with Crippen LogP contribution < -0.4 is 16.0 Å². The van der Waals surface area contributed by atoms with Gasteiger partial charge in [-0.25, -0.2) is 19.7 Å². The summed E-state index contributed by atoms with van der Waals surface area (Å²) in [6, 6.07) is 7.55. The van der Waals surface area contributed by atoms with E-state index < -0.39 is 11.2 Å². The third-order valence-electron chi connectivity index (χ3n) is 5.93. The minimum Gasteiger partial charge on any atom is -0.474 e. The average Bonchev–Trinajstić information content (AvgIpc) is 3.28. The highest BCUT2D eigenvalue weighted by Crippen LogP contribution is 2.21. The fraction of sp³-hybridized carbons (Fsp3) is 0.364. The molecule has 12 heteroatoms. The molecule has 12 nitrogen and oxygen atoms in total. The molecule has 0 spiro atoms. The zero-order chi connectivity index (χ0) is 23.8. The highest BCUT2D eigenvalue weighted by atomic mass is 16.5. The summed E-state index contributed by atoms with van der Waals surface area (Å²) in [7, 11) is 2.94. The Morgan fingerprint density at radius 3 is 2.82 bits per heavy atom. The first kappa shape index (κ1) is 21.8. The molecule has 1 fully saturated rings. The summed E-state index contributed by atoms with van der Waals surface area (Å²) in [5, 5.41) is 0.803. The fourth-order valence-corrected chi connectivity index (χ4v) is 4.08. The second kappa shape index (κ2) is 8.71. The topological polar surface area (TPSA) is 126 Å². The quantitative estimate of drug-likeness (QED) is 0.393. The number of aryl methyl sites for hydroxylation is 1. The molecule has 1 aliphatic rings. The third kappa shape index (κ3) is 3.81. The fourth-order valence-electron chi connectivity index (χ4n) is 4.08. The molecule has 0 aliphatic carbocycles. The van der Waals surface area contributed by atoms with Gasteiger partial charge in [-0.1, -0.05) is 12.1 Å². The first-order valence-corrected chi connectivity index (χ1v) is 10.8. The molecule has 1 atom stereocenters. The molecule has 4 heterocycles. The van der Waals surface area contributed by atoms with Gasteiger partial charge in [0.15, 0.2) is 11.2 Å². The summed E-state index contributed by atoms with van der Waals surface area (Å²) in [6.45, 7) is 1.28. The van der Waals surface area contributed by atoms with Gasteiger partial charge in [0, 0.05) is 20.6 Å². The molecule has 176 valence electrons. The number of morpholine rings is 1. The Hall–Kier alpha value is -4.06. The lowest BCUT2D eigenvalue weighted by Gasteiger charge is -2.32. The molecule has 5 rings (SSSR count). The number of amides is 1. The number of hydrogen-bond acceptors (Lipinski definition) is 8. The van der Waals surface area contributed by atoms with E-state index in [9.17, 15) is 14.4 Å². The first-order valence-electron chi connectivity index (χ1n) is 10.8. The second-order valence-electron chi connectivity index (χ2n) is 8.09. The Balaban J connectivity index is 1.28. The normalized spacial score (nSPS) is 16.3. The molecule has 0 bridgehead atoms. The van der Waals surface area contributed by atoms with Crippen LogP contribution in [0, 0.1) is 0 Å². The number of rotatable bonds is 5. The van der Waals surface area contributed by atoms with Crippen molar-refractivity contribution in [2.75, 3.05) is 26.3 Å². The average molecular weight is 465 g/mol. The van der Waals surface area contributed by atoms with E-state index in [0.717, 1.165) is 15.5 Å². The van der Waals surface area contributed by atoms with Gasteiger partial charge in [-0.05, 0) is 12.1 Å². The van der Waals surface area contributed by atoms with Gasteiger partial charge in [-0.15, -0.1) is 0 Å². The zero-order valence-electron chi connectivity index (χ0n) is 18.7. The molecule has 1 aliphatic heterocycles. The van der Waals surface area contributed by atoms with E-state index in [-0.39, 0.29) is 36.3 Å². The van der Waals surface area contributed by atoms with Crippen LogP contribution in [-0.4, -0.2) is 71.9 Å². The summed E-state index contributed by atoms with van der Waals surface area (Å²) < 4.78 is 15.5. The Kier molecular flexibility index (Phi) is 5.57. The van der Waals surface area contributed by atoms with Crippen molar-refractivity contribution >= 4 is 28.0 Å². The van der Waals surface area contributed by atoms with Crippen molar-refractivity contribution in [2.45, 2.75) is 12.6 Å². The molecule has 1 unspecified atom stereocenters. The number of fused-ring (bicyclic) bond motifs is 2. The van der Waals surface area contributed by atoms with Crippen LogP contribution in [0.5, 0.6) is 5.88 Å². The summed E-state index contributed by atoms with van der Waals surface area (Å²) in [6.07, 6.45) is 2.52. The highest BCUT2D eigenvalue weighted by Gasteiger charge is 2.26. The molecule has 0 radical (unpaired) electrons. The number of imidazole rings is 1. The summed E-state index contributed by atoms with van der Waals surface area (Å²) in [4.78, 5) is 52.1. The minimum atomic E-state index is -0.492. The van der Waals surface area contributed by atoms with Gasteiger partial charge >= 0.3 is 5.69 Å². The van der Waals surface area contributed by atoms with Gasteiger partial charge in [-0.2, -0.15) is 0 Å². The molecule has 1 aromatic carbocycles. The number of para-hydroxylation sites is 1. The Morgan fingerprint density at radius 1 is 1.15 bits per heavy atom. The van der Waals surface area contributed by atoms with Gasteiger partial charge in [0.2, 0.25) is 11.8 Å². The van der Waals surface area contributed by atoms with E-state index in [1.807, 2.05) is 24.3 Å². The van der Waals surface area contributed by atoms with Crippen LogP contribution in [-0.2, 0) is 30.2 Å². The maximum atomic E-state index is 13.0. The Bertz CT molecular complexity index is 1500. The van der Waals surface area contributed by atoms with Crippen LogP contribution in [0.1, 0.15) is 0 Å². The lowest BCUT2D eigenvalue weighted by molar-refractivity contribution is -0.140. The number of carbonyl (C=O) groups excluding carboxylic acids is 1. The predicted octanol–water partition coefficient (Wildman–Crippen LogP) is -0.317. The lowest BCUT2D eigenvalue weighted by atomic mass is 10.2. The van der Waals surface area contributed by atoms with Gasteiger partial charge in [0.25, 0.3) is 5.56 Å². The third-order valence-corrected chi connectivity index (χ3v) is 5.93. The van der Waals surface area contributed by atoms with E-state index >= 15 is 0 Å². The molecule has 4 aromatic rings. The molecule has 0 N–H and O–H groups in total. The number of benzene rings is 1. The molecular weight excluding hydrogens is 442 g/mol. The van der Waals surface area contributed by atoms with Crippen molar-refractivity contribution in [1.29, 1.82) is 0 Å². The van der Waals surface area contributed by atoms with Crippen LogP contribution in [0.4, 0.5) is 0 Å². The highest BCUT2D eigenvalue weighted by molar-refractivity contribution is 5.83. The molecule has 1 saturated heterocycles. The Labute approximate surface area is 193 Å². The summed E-state index contributed by atoms with van der Waals surface area (Å²) >= 11 is 0. The van der Waals surface area contributed by atoms with Crippen LogP contribution in [0.2, 0.25) is 0 Å². The Morgan fingerprint density at radius 2 is 1.97 bits per heavy atom. The van der Waals surface area contributed by atoms with Crippen molar-refractivity contribution in [3.05, 3.63) is 57.8 Å². The first-order chi connectivity index (χ1) is 16.4. The second-order valence-corrected chi connectivity index (χ2v) is 8.09. The number of nitrogens with zero attached hydrogens (tertiary/aromatic N) is 7. The molecule has 1 amide bonds. The van der Waals surface area contributed by atoms with E-state index in [1.165, 1.54) is 35.9 Å². The number of aromatic nitrogens is 6. The maximum absolute atomic E-state index is 13.0. The molecule has 34 heavy (non-hydrogen) atoms. The predicted molar refractivity (Wildman–Crippen MR) is 122 cm³/mol. The lowest BCUT2D eigenvalue weighted by Crippen LogP contribution is -2.48. The van der Waals surface area contributed by atoms with E-state index in [0.29, 0.717) is 25.6 Å². The van der Waals surface area contributed by atoms with Crippen LogP contribution >= 0.6 is 0 Å². The summed E-state index contributed by atoms with van der Waals surface area (Å²) in [5.41, 5.74) is 0.272. The van der Waals surface area contributed by atoms with Crippen molar-refractivity contribution < 1.29 is 14.3 Å². The number of ether oxygens (including phenoxy) is 2. The van der Waals surface area contributed by atoms with Crippen LogP contribution in [0.3, 0.4) is 0 Å². The maximum Gasteiger partial charge on any atom is 0.332 e. The largest absolute Gasteiger partial charge is 0.474 e. The smallest absolute Gasteiger partial charge is 0.332 e. The van der Waals surface area contributed by atoms with Gasteiger partial charge in [0.1, 0.15) is 25.6 Å². The van der Waals surface area contributed by atoms with E-state index in [2.05, 4.69) is 15.0 Å². The van der Waals surface area contributed by atoms with E-state index in [1.54, 1.807) is 4.90 Å². The van der Waals surface area contributed by atoms with Crippen LogP contribution in [0.25, 0.3) is 22.1 Å². The van der Waals surface area contributed by atoms with Crippen molar-refractivity contribution in [1.82, 2.24) is 33.6 Å². The zero-order valence-corrected chi connectivity index (χ0v) is 18.7. The van der Waals surface area contributed by atoms with Gasteiger partial charge < -0.3 is 18.9 Å². The molecule has 0 saturated carbocycles. The molecular formula is C22H23N7O5. The molecule has 3 aromatic heterocycles. The van der Waals surface area contributed by atoms with E-state index in [4.69, 9.17) is 9.47 Å². The number of hydrogen-bond donors (Lipinski definition) is 0. The van der Waals surface area contributed by atoms with Gasteiger partial charge in [-0.3, -0.25) is 18.7 Å². The number of carbonyl (C=O) groups is 1. The van der Waals surface area contributed by atoms with Gasteiger partial charge in [0.05, 0.1) is 30.4 Å². The van der Waals surface area contributed by atoms with Crippen molar-refractivity contribution in [3.63, 3.8) is 0 Å². The minimum absolute atomic E-state index is 0.0753.